The SMILES string of the molecule is Cc1cccc(Cn2cnc3c(NS(=O)(=O)c4ccc(F)cc4)c(C)c(C)cc32)c1. The Kier molecular flexibility index (Phi) is 5.07. The van der Waals surface area contributed by atoms with Crippen LogP contribution in [0, 0.1) is 26.6 Å². The lowest BCUT2D eigenvalue weighted by Crippen LogP contribution is -2.14. The third-order valence-electron chi connectivity index (χ3n) is 5.23. The molecule has 0 saturated heterocycles. The Balaban J connectivity index is 1.77. The molecule has 0 fully saturated rings. The second-order valence-corrected chi connectivity index (χ2v) is 9.16. The number of nitrogens with zero attached hydrogens (tertiary/aromatic N) is 2. The monoisotopic (exact) mass is 423 g/mol. The highest BCUT2D eigenvalue weighted by atomic mass is 32.2. The van der Waals surface area contributed by atoms with E-state index in [9.17, 15) is 12.8 Å². The highest BCUT2D eigenvalue weighted by Crippen LogP contribution is 2.31. The Labute approximate surface area is 175 Å². The number of sulfonamides is 1. The first-order chi connectivity index (χ1) is 14.2. The van der Waals surface area contributed by atoms with Gasteiger partial charge in [0, 0.05) is 6.54 Å². The lowest BCUT2D eigenvalue weighted by molar-refractivity contribution is 0.599. The Hall–Kier alpha value is -3.19. The van der Waals surface area contributed by atoms with Crippen LogP contribution in [0.15, 0.2) is 65.8 Å². The molecule has 0 aliphatic heterocycles. The second-order valence-electron chi connectivity index (χ2n) is 7.48. The van der Waals surface area contributed by atoms with Crippen molar-refractivity contribution in [3.63, 3.8) is 0 Å². The van der Waals surface area contributed by atoms with Crippen LogP contribution in [-0.4, -0.2) is 18.0 Å². The zero-order chi connectivity index (χ0) is 21.5. The van der Waals surface area contributed by atoms with E-state index in [0.29, 0.717) is 17.7 Å². The lowest BCUT2D eigenvalue weighted by Gasteiger charge is -2.14. The molecular weight excluding hydrogens is 401 g/mol. The molecule has 5 nitrogen and oxygen atoms in total. The van der Waals surface area contributed by atoms with Crippen LogP contribution in [-0.2, 0) is 16.6 Å². The van der Waals surface area contributed by atoms with Gasteiger partial charge in [0.1, 0.15) is 11.3 Å². The molecule has 0 unspecified atom stereocenters. The minimum atomic E-state index is -3.88. The first-order valence-electron chi connectivity index (χ1n) is 9.53. The van der Waals surface area contributed by atoms with Crippen LogP contribution in [0.4, 0.5) is 10.1 Å². The average Bonchev–Trinajstić information content (AvgIpc) is 3.08. The molecule has 0 aliphatic rings. The van der Waals surface area contributed by atoms with E-state index in [-0.39, 0.29) is 4.90 Å². The van der Waals surface area contributed by atoms with Crippen molar-refractivity contribution < 1.29 is 12.8 Å². The molecule has 4 aromatic rings. The summed E-state index contributed by atoms with van der Waals surface area (Å²) in [5.41, 5.74) is 5.93. The summed E-state index contributed by atoms with van der Waals surface area (Å²) in [5.74, 6) is -0.488. The predicted octanol–water partition coefficient (Wildman–Crippen LogP) is 4.95. The fraction of sp³-hybridized carbons (Fsp3) is 0.174. The van der Waals surface area contributed by atoms with Gasteiger partial charge in [-0.1, -0.05) is 29.8 Å². The van der Waals surface area contributed by atoms with E-state index in [1.54, 1.807) is 6.33 Å². The Morgan fingerprint density at radius 1 is 1.03 bits per heavy atom. The molecule has 154 valence electrons. The van der Waals surface area contributed by atoms with Gasteiger partial charge in [0.25, 0.3) is 10.0 Å². The predicted molar refractivity (Wildman–Crippen MR) is 117 cm³/mol. The van der Waals surface area contributed by atoms with Crippen molar-refractivity contribution in [3.05, 3.63) is 89.0 Å². The summed E-state index contributed by atoms with van der Waals surface area (Å²) in [6, 6.07) is 15.0. The molecule has 30 heavy (non-hydrogen) atoms. The van der Waals surface area contributed by atoms with Crippen molar-refractivity contribution in [2.75, 3.05) is 4.72 Å². The van der Waals surface area contributed by atoms with Gasteiger partial charge in [-0.05, 0) is 67.8 Å². The number of halogens is 1. The molecule has 0 radical (unpaired) electrons. The van der Waals surface area contributed by atoms with E-state index >= 15 is 0 Å². The Bertz CT molecular complexity index is 1340. The third kappa shape index (κ3) is 3.80. The molecule has 1 aromatic heterocycles. The van der Waals surface area contributed by atoms with Gasteiger partial charge in [-0.25, -0.2) is 17.8 Å². The summed E-state index contributed by atoms with van der Waals surface area (Å²) in [7, 11) is -3.88. The summed E-state index contributed by atoms with van der Waals surface area (Å²) in [4.78, 5) is 4.50. The van der Waals surface area contributed by atoms with E-state index < -0.39 is 15.8 Å². The molecule has 0 amide bonds. The van der Waals surface area contributed by atoms with Crippen molar-refractivity contribution in [2.24, 2.45) is 0 Å². The maximum atomic E-state index is 13.2. The van der Waals surface area contributed by atoms with Crippen LogP contribution in [0.1, 0.15) is 22.3 Å². The lowest BCUT2D eigenvalue weighted by atomic mass is 10.1. The standard InChI is InChI=1S/C23H22FN3O2S/c1-15-5-4-6-18(11-15)13-27-14-25-23-21(27)12-16(2)17(3)22(23)26-30(28,29)20-9-7-19(24)8-10-20/h4-12,14,26H,13H2,1-3H3. The van der Waals surface area contributed by atoms with Crippen LogP contribution in [0.5, 0.6) is 0 Å². The first-order valence-corrected chi connectivity index (χ1v) is 11.0. The quantitative estimate of drug-likeness (QED) is 0.494. The molecular formula is C23H22FN3O2S. The minimum Gasteiger partial charge on any atom is -0.326 e. The highest BCUT2D eigenvalue weighted by molar-refractivity contribution is 7.92. The molecule has 3 aromatic carbocycles. The van der Waals surface area contributed by atoms with Gasteiger partial charge in [-0.3, -0.25) is 4.72 Å². The van der Waals surface area contributed by atoms with E-state index in [2.05, 4.69) is 21.8 Å². The van der Waals surface area contributed by atoms with Crippen molar-refractivity contribution >= 4 is 26.7 Å². The van der Waals surface area contributed by atoms with E-state index in [0.717, 1.165) is 34.3 Å². The molecule has 7 heteroatoms. The average molecular weight is 424 g/mol. The largest absolute Gasteiger partial charge is 0.326 e. The van der Waals surface area contributed by atoms with Crippen molar-refractivity contribution in [3.8, 4) is 0 Å². The molecule has 4 rings (SSSR count). The fourth-order valence-corrected chi connectivity index (χ4v) is 4.62. The summed E-state index contributed by atoms with van der Waals surface area (Å²) < 4.78 is 43.7. The van der Waals surface area contributed by atoms with Gasteiger partial charge in [0.05, 0.1) is 22.4 Å². The normalized spacial score (nSPS) is 11.7. The number of imidazole rings is 1. The highest BCUT2D eigenvalue weighted by Gasteiger charge is 2.20. The van der Waals surface area contributed by atoms with Crippen LogP contribution < -0.4 is 4.72 Å². The molecule has 0 atom stereocenters. The minimum absolute atomic E-state index is 0.00264. The molecule has 1 N–H and O–H groups in total. The summed E-state index contributed by atoms with van der Waals surface area (Å²) in [6.07, 6.45) is 1.72. The van der Waals surface area contributed by atoms with Gasteiger partial charge in [-0.15, -0.1) is 0 Å². The number of hydrogen-bond acceptors (Lipinski definition) is 3. The van der Waals surface area contributed by atoms with Crippen LogP contribution >= 0.6 is 0 Å². The van der Waals surface area contributed by atoms with Gasteiger partial charge in [-0.2, -0.15) is 0 Å². The fourth-order valence-electron chi connectivity index (χ4n) is 3.49. The van der Waals surface area contributed by atoms with E-state index in [4.69, 9.17) is 0 Å². The molecule has 0 spiro atoms. The zero-order valence-corrected chi connectivity index (χ0v) is 17.8. The van der Waals surface area contributed by atoms with Gasteiger partial charge in [0.2, 0.25) is 0 Å². The summed E-state index contributed by atoms with van der Waals surface area (Å²) in [5, 5.41) is 0. The van der Waals surface area contributed by atoms with Gasteiger partial charge in [0.15, 0.2) is 0 Å². The maximum absolute atomic E-state index is 13.2. The van der Waals surface area contributed by atoms with Crippen LogP contribution in [0.3, 0.4) is 0 Å². The number of nitrogens with one attached hydrogen (secondary N) is 1. The number of benzene rings is 3. The topological polar surface area (TPSA) is 64.0 Å². The summed E-state index contributed by atoms with van der Waals surface area (Å²) in [6.45, 7) is 6.47. The van der Waals surface area contributed by atoms with Crippen molar-refractivity contribution in [1.29, 1.82) is 0 Å². The van der Waals surface area contributed by atoms with Gasteiger partial charge >= 0.3 is 0 Å². The van der Waals surface area contributed by atoms with E-state index in [1.807, 2.05) is 43.5 Å². The Morgan fingerprint density at radius 3 is 2.47 bits per heavy atom. The molecule has 0 saturated carbocycles. The number of hydrogen-bond donors (Lipinski definition) is 1. The summed E-state index contributed by atoms with van der Waals surface area (Å²) >= 11 is 0. The zero-order valence-electron chi connectivity index (χ0n) is 17.0. The number of aromatic nitrogens is 2. The van der Waals surface area contributed by atoms with E-state index in [1.165, 1.54) is 17.7 Å². The first kappa shape index (κ1) is 20.1. The Morgan fingerprint density at radius 2 is 1.77 bits per heavy atom. The molecule has 1 heterocycles. The second kappa shape index (κ2) is 7.57. The molecule has 0 aliphatic carbocycles. The van der Waals surface area contributed by atoms with Gasteiger partial charge < -0.3 is 4.57 Å². The number of anilines is 1. The van der Waals surface area contributed by atoms with Crippen molar-refractivity contribution in [2.45, 2.75) is 32.2 Å². The third-order valence-corrected chi connectivity index (χ3v) is 6.60. The van der Waals surface area contributed by atoms with Crippen LogP contribution in [0.25, 0.3) is 11.0 Å². The smallest absolute Gasteiger partial charge is 0.261 e. The van der Waals surface area contributed by atoms with Crippen LogP contribution in [0.2, 0.25) is 0 Å². The number of rotatable bonds is 5. The number of fused-ring (bicyclic) bond motifs is 1. The molecule has 0 bridgehead atoms. The number of aryl methyl sites for hydroxylation is 2. The van der Waals surface area contributed by atoms with Crippen molar-refractivity contribution in [1.82, 2.24) is 9.55 Å². The maximum Gasteiger partial charge on any atom is 0.261 e.